The maximum Gasteiger partial charge on any atom is 0.287 e. The first-order valence-corrected chi connectivity index (χ1v) is 9.57. The van der Waals surface area contributed by atoms with Crippen LogP contribution in [0.2, 0.25) is 0 Å². The summed E-state index contributed by atoms with van der Waals surface area (Å²) in [5, 5.41) is 3.48. The van der Waals surface area contributed by atoms with E-state index in [-0.39, 0.29) is 23.2 Å². The summed E-state index contributed by atoms with van der Waals surface area (Å²) >= 11 is 0. The Morgan fingerprint density at radius 1 is 1.14 bits per heavy atom. The van der Waals surface area contributed by atoms with Crippen LogP contribution in [-0.4, -0.2) is 43.7 Å². The lowest BCUT2D eigenvalue weighted by molar-refractivity contribution is 0.0161. The van der Waals surface area contributed by atoms with Crippen molar-refractivity contribution in [3.63, 3.8) is 0 Å². The van der Waals surface area contributed by atoms with Gasteiger partial charge in [-0.15, -0.1) is 0 Å². The highest BCUT2D eigenvalue weighted by atomic mass is 19.1. The van der Waals surface area contributed by atoms with Gasteiger partial charge >= 0.3 is 0 Å². The lowest BCUT2D eigenvalue weighted by Gasteiger charge is -2.34. The van der Waals surface area contributed by atoms with Gasteiger partial charge in [0.05, 0.1) is 19.3 Å². The fourth-order valence-corrected chi connectivity index (χ4v) is 3.73. The Labute approximate surface area is 167 Å². The van der Waals surface area contributed by atoms with Gasteiger partial charge in [-0.3, -0.25) is 9.69 Å². The zero-order chi connectivity index (χ0) is 20.4. The van der Waals surface area contributed by atoms with Crippen LogP contribution in [0.5, 0.6) is 0 Å². The third kappa shape index (κ3) is 4.02. The first-order chi connectivity index (χ1) is 14.0. The topological polar surface area (TPSA) is 54.7 Å². The van der Waals surface area contributed by atoms with Crippen molar-refractivity contribution in [2.45, 2.75) is 13.0 Å². The first-order valence-electron chi connectivity index (χ1n) is 9.57. The van der Waals surface area contributed by atoms with Gasteiger partial charge in [0, 0.05) is 30.6 Å². The van der Waals surface area contributed by atoms with Crippen molar-refractivity contribution < 1.29 is 22.7 Å². The highest BCUT2D eigenvalue weighted by Gasteiger charge is 2.25. The second-order valence-corrected chi connectivity index (χ2v) is 7.10. The van der Waals surface area contributed by atoms with E-state index in [1.165, 1.54) is 18.2 Å². The molecule has 5 nitrogen and oxygen atoms in total. The average molecular weight is 400 g/mol. The van der Waals surface area contributed by atoms with Gasteiger partial charge in [-0.25, -0.2) is 8.78 Å². The number of halogens is 2. The Kier molecular flexibility index (Phi) is 5.60. The van der Waals surface area contributed by atoms with Crippen LogP contribution >= 0.6 is 0 Å². The number of ether oxygens (including phenoxy) is 1. The van der Waals surface area contributed by atoms with E-state index in [1.807, 2.05) is 0 Å². The van der Waals surface area contributed by atoms with Gasteiger partial charge in [-0.05, 0) is 30.7 Å². The molecular formula is C22H22F2N2O3. The summed E-state index contributed by atoms with van der Waals surface area (Å²) in [7, 11) is 0. The number of amides is 1. The van der Waals surface area contributed by atoms with Crippen LogP contribution in [-0.2, 0) is 4.74 Å². The number of nitrogens with one attached hydrogen (secondary N) is 1. The third-order valence-electron chi connectivity index (χ3n) is 5.32. The second-order valence-electron chi connectivity index (χ2n) is 7.10. The molecule has 1 aliphatic rings. The molecule has 0 bridgehead atoms. The lowest BCUT2D eigenvalue weighted by Crippen LogP contribution is -2.43. The Balaban J connectivity index is 1.55. The van der Waals surface area contributed by atoms with Gasteiger partial charge in [-0.1, -0.05) is 24.3 Å². The monoisotopic (exact) mass is 400 g/mol. The highest BCUT2D eigenvalue weighted by molar-refractivity contribution is 5.99. The predicted molar refractivity (Wildman–Crippen MR) is 105 cm³/mol. The molecule has 1 fully saturated rings. The predicted octanol–water partition coefficient (Wildman–Crippen LogP) is 3.82. The van der Waals surface area contributed by atoms with E-state index < -0.39 is 11.7 Å². The van der Waals surface area contributed by atoms with E-state index in [0.717, 1.165) is 5.56 Å². The zero-order valence-corrected chi connectivity index (χ0v) is 16.1. The van der Waals surface area contributed by atoms with Crippen molar-refractivity contribution in [3.05, 3.63) is 71.0 Å². The number of carbonyl (C=O) groups excluding carboxylic acids is 1. The molecule has 152 valence electrons. The van der Waals surface area contributed by atoms with E-state index >= 15 is 0 Å². The van der Waals surface area contributed by atoms with Crippen LogP contribution < -0.4 is 5.32 Å². The van der Waals surface area contributed by atoms with Crippen LogP contribution in [0.1, 0.15) is 27.7 Å². The number of morpholine rings is 1. The standard InChI is InChI=1S/C22H22F2N2O3/c1-14-17-3-2-4-18(24)21(17)29-20(14)22(27)25-13-19(26-9-11-28-12-10-26)15-5-7-16(23)8-6-15/h2-8,19H,9-13H2,1H3,(H,25,27)/t19-/m0/s1. The Hall–Kier alpha value is -2.77. The fourth-order valence-electron chi connectivity index (χ4n) is 3.73. The van der Waals surface area contributed by atoms with Crippen LogP contribution in [0.4, 0.5) is 8.78 Å². The van der Waals surface area contributed by atoms with Gasteiger partial charge < -0.3 is 14.5 Å². The second kappa shape index (κ2) is 8.31. The van der Waals surface area contributed by atoms with Crippen LogP contribution in [0.3, 0.4) is 0 Å². The van der Waals surface area contributed by atoms with E-state index in [4.69, 9.17) is 9.15 Å². The normalized spacial score (nSPS) is 16.1. The molecular weight excluding hydrogens is 378 g/mol. The van der Waals surface area contributed by atoms with Crippen molar-refractivity contribution >= 4 is 16.9 Å². The molecule has 1 aliphatic heterocycles. The van der Waals surface area contributed by atoms with Crippen molar-refractivity contribution in [2.75, 3.05) is 32.8 Å². The molecule has 1 aromatic heterocycles. The average Bonchev–Trinajstić information content (AvgIpc) is 3.08. The molecule has 0 saturated carbocycles. The molecule has 2 heterocycles. The minimum atomic E-state index is -0.498. The molecule has 7 heteroatoms. The smallest absolute Gasteiger partial charge is 0.287 e. The fraction of sp³-hybridized carbons (Fsp3) is 0.318. The SMILES string of the molecule is Cc1c(C(=O)NC[C@@H](c2ccc(F)cc2)N2CCOCC2)oc2c(F)cccc12. The number of para-hydroxylation sites is 1. The van der Waals surface area contributed by atoms with Gasteiger partial charge in [0.1, 0.15) is 5.82 Å². The number of benzene rings is 2. The molecule has 29 heavy (non-hydrogen) atoms. The number of nitrogens with zero attached hydrogens (tertiary/aromatic N) is 1. The Morgan fingerprint density at radius 2 is 1.86 bits per heavy atom. The van der Waals surface area contributed by atoms with Crippen LogP contribution in [0, 0.1) is 18.6 Å². The quantitative estimate of drug-likeness (QED) is 0.708. The summed E-state index contributed by atoms with van der Waals surface area (Å²) < 4.78 is 38.3. The number of hydrogen-bond donors (Lipinski definition) is 1. The molecule has 2 aromatic carbocycles. The van der Waals surface area contributed by atoms with Crippen molar-refractivity contribution in [1.82, 2.24) is 10.2 Å². The minimum absolute atomic E-state index is 0.0819. The number of rotatable bonds is 5. The number of carbonyl (C=O) groups is 1. The van der Waals surface area contributed by atoms with Crippen molar-refractivity contribution in [1.29, 1.82) is 0 Å². The van der Waals surface area contributed by atoms with E-state index in [0.29, 0.717) is 43.8 Å². The number of aryl methyl sites for hydroxylation is 1. The molecule has 1 N–H and O–H groups in total. The molecule has 1 atom stereocenters. The summed E-state index contributed by atoms with van der Waals surface area (Å²) in [6.45, 7) is 4.68. The maximum atomic E-state index is 14.0. The summed E-state index contributed by atoms with van der Waals surface area (Å²) in [5.74, 6) is -1.11. The van der Waals surface area contributed by atoms with Crippen molar-refractivity contribution in [3.8, 4) is 0 Å². The molecule has 0 aliphatic carbocycles. The molecule has 1 saturated heterocycles. The minimum Gasteiger partial charge on any atom is -0.448 e. The van der Waals surface area contributed by atoms with E-state index in [9.17, 15) is 13.6 Å². The van der Waals surface area contributed by atoms with E-state index in [2.05, 4.69) is 10.2 Å². The number of furan rings is 1. The van der Waals surface area contributed by atoms with Gasteiger partial charge in [0.2, 0.25) is 0 Å². The van der Waals surface area contributed by atoms with Gasteiger partial charge in [0.15, 0.2) is 17.2 Å². The largest absolute Gasteiger partial charge is 0.448 e. The first kappa shape index (κ1) is 19.5. The van der Waals surface area contributed by atoms with Gasteiger partial charge in [0.25, 0.3) is 5.91 Å². The Morgan fingerprint density at radius 3 is 2.55 bits per heavy atom. The molecule has 1 amide bonds. The van der Waals surface area contributed by atoms with E-state index in [1.54, 1.807) is 31.2 Å². The molecule has 3 aromatic rings. The van der Waals surface area contributed by atoms with Gasteiger partial charge in [-0.2, -0.15) is 0 Å². The zero-order valence-electron chi connectivity index (χ0n) is 16.1. The summed E-state index contributed by atoms with van der Waals surface area (Å²) in [6.07, 6.45) is 0. The van der Waals surface area contributed by atoms with Crippen LogP contribution in [0.15, 0.2) is 46.9 Å². The summed E-state index contributed by atoms with van der Waals surface area (Å²) in [4.78, 5) is 15.0. The molecule has 0 spiro atoms. The lowest BCUT2D eigenvalue weighted by atomic mass is 10.0. The molecule has 0 radical (unpaired) electrons. The maximum absolute atomic E-state index is 14.0. The number of fused-ring (bicyclic) bond motifs is 1. The highest BCUT2D eigenvalue weighted by Crippen LogP contribution is 2.27. The third-order valence-corrected chi connectivity index (χ3v) is 5.32. The molecule has 0 unspecified atom stereocenters. The van der Waals surface area contributed by atoms with Crippen LogP contribution in [0.25, 0.3) is 11.0 Å². The number of hydrogen-bond acceptors (Lipinski definition) is 4. The Bertz CT molecular complexity index is 1010. The van der Waals surface area contributed by atoms with Crippen molar-refractivity contribution in [2.24, 2.45) is 0 Å². The molecule has 4 rings (SSSR count). The summed E-state index contributed by atoms with van der Waals surface area (Å²) in [5.41, 5.74) is 1.58. The summed E-state index contributed by atoms with van der Waals surface area (Å²) in [6, 6.07) is 10.8.